The van der Waals surface area contributed by atoms with E-state index in [-0.39, 0.29) is 5.91 Å². The number of hydrogen-bond donors (Lipinski definition) is 1. The fraction of sp³-hybridized carbons (Fsp3) is 0.471. The molecular formula is C17H22N2O. The third-order valence-electron chi connectivity index (χ3n) is 4.69. The van der Waals surface area contributed by atoms with E-state index in [1.807, 2.05) is 30.1 Å². The summed E-state index contributed by atoms with van der Waals surface area (Å²) in [6.07, 6.45) is 1.26. The Morgan fingerprint density at radius 2 is 2.10 bits per heavy atom. The van der Waals surface area contributed by atoms with Gasteiger partial charge in [-0.15, -0.1) is 0 Å². The van der Waals surface area contributed by atoms with Crippen molar-refractivity contribution in [2.24, 2.45) is 11.8 Å². The third-order valence-corrected chi connectivity index (χ3v) is 4.69. The van der Waals surface area contributed by atoms with Gasteiger partial charge in [-0.3, -0.25) is 4.79 Å². The fourth-order valence-corrected chi connectivity index (χ4v) is 2.90. The van der Waals surface area contributed by atoms with Gasteiger partial charge in [-0.05, 0) is 55.9 Å². The number of aromatic nitrogens is 1. The summed E-state index contributed by atoms with van der Waals surface area (Å²) < 4.78 is 0. The maximum Gasteiger partial charge on any atom is 0.253 e. The van der Waals surface area contributed by atoms with Crippen LogP contribution in [0.15, 0.2) is 18.2 Å². The summed E-state index contributed by atoms with van der Waals surface area (Å²) in [5, 5.41) is 1.15. The molecule has 0 radical (unpaired) electrons. The van der Waals surface area contributed by atoms with Crippen molar-refractivity contribution < 1.29 is 4.79 Å². The Hall–Kier alpha value is -1.77. The molecule has 1 aromatic heterocycles. The molecule has 1 amide bonds. The molecule has 1 aromatic carbocycles. The number of nitrogens with one attached hydrogen (secondary N) is 1. The van der Waals surface area contributed by atoms with Crippen molar-refractivity contribution in [1.29, 1.82) is 0 Å². The number of rotatable bonds is 3. The number of carbonyl (C=O) groups is 1. The molecule has 0 aliphatic heterocycles. The topological polar surface area (TPSA) is 36.1 Å². The molecule has 3 rings (SSSR count). The van der Waals surface area contributed by atoms with Gasteiger partial charge in [-0.25, -0.2) is 0 Å². The lowest BCUT2D eigenvalue weighted by Gasteiger charge is -2.17. The van der Waals surface area contributed by atoms with E-state index in [0.29, 0.717) is 5.92 Å². The zero-order valence-corrected chi connectivity index (χ0v) is 12.7. The van der Waals surface area contributed by atoms with Crippen LogP contribution in [0.5, 0.6) is 0 Å². The van der Waals surface area contributed by atoms with Crippen LogP contribution in [0.25, 0.3) is 10.9 Å². The molecule has 3 heteroatoms. The normalized spacial score (nSPS) is 21.2. The number of benzene rings is 1. The number of fused-ring (bicyclic) bond motifs is 1. The molecule has 1 aliphatic carbocycles. The minimum atomic E-state index is 0.129. The molecule has 1 saturated carbocycles. The van der Waals surface area contributed by atoms with Crippen molar-refractivity contribution in [3.8, 4) is 0 Å². The highest BCUT2D eigenvalue weighted by Gasteiger charge is 2.34. The highest BCUT2D eigenvalue weighted by molar-refractivity contribution is 5.98. The SMILES string of the molecule is Cc1[nH]c2ccc(C(=O)N(C)CC3CC3C)cc2c1C. The van der Waals surface area contributed by atoms with E-state index in [0.717, 1.165) is 28.9 Å². The number of aromatic amines is 1. The molecule has 0 spiro atoms. The summed E-state index contributed by atoms with van der Waals surface area (Å²) in [6.45, 7) is 7.29. The van der Waals surface area contributed by atoms with E-state index < -0.39 is 0 Å². The molecule has 1 fully saturated rings. The monoisotopic (exact) mass is 270 g/mol. The first-order valence-corrected chi connectivity index (χ1v) is 7.31. The van der Waals surface area contributed by atoms with Crippen molar-refractivity contribution in [3.63, 3.8) is 0 Å². The minimum Gasteiger partial charge on any atom is -0.358 e. The second kappa shape index (κ2) is 4.65. The van der Waals surface area contributed by atoms with E-state index in [4.69, 9.17) is 0 Å². The zero-order chi connectivity index (χ0) is 14.4. The predicted molar refractivity (Wildman–Crippen MR) is 82.0 cm³/mol. The van der Waals surface area contributed by atoms with Crippen molar-refractivity contribution in [2.75, 3.05) is 13.6 Å². The second-order valence-electron chi connectivity index (χ2n) is 6.29. The van der Waals surface area contributed by atoms with Gasteiger partial charge in [-0.1, -0.05) is 6.92 Å². The minimum absolute atomic E-state index is 0.129. The van der Waals surface area contributed by atoms with Gasteiger partial charge in [-0.2, -0.15) is 0 Å². The van der Waals surface area contributed by atoms with Crippen molar-refractivity contribution >= 4 is 16.8 Å². The quantitative estimate of drug-likeness (QED) is 0.910. The lowest BCUT2D eigenvalue weighted by molar-refractivity contribution is 0.0787. The molecule has 20 heavy (non-hydrogen) atoms. The smallest absolute Gasteiger partial charge is 0.253 e. The summed E-state index contributed by atoms with van der Waals surface area (Å²) in [5.41, 5.74) is 4.29. The molecule has 2 aromatic rings. The Kier molecular flexibility index (Phi) is 3.08. The first-order chi connectivity index (χ1) is 9.47. The highest BCUT2D eigenvalue weighted by Crippen LogP contribution is 2.38. The van der Waals surface area contributed by atoms with Crippen LogP contribution in [0.1, 0.15) is 35.0 Å². The molecule has 2 unspecified atom stereocenters. The van der Waals surface area contributed by atoms with Crippen LogP contribution in [0, 0.1) is 25.7 Å². The zero-order valence-electron chi connectivity index (χ0n) is 12.7. The van der Waals surface area contributed by atoms with Crippen molar-refractivity contribution in [2.45, 2.75) is 27.2 Å². The average molecular weight is 270 g/mol. The summed E-state index contributed by atoms with van der Waals surface area (Å²) in [4.78, 5) is 17.7. The molecule has 1 N–H and O–H groups in total. The molecule has 0 bridgehead atoms. The number of hydrogen-bond acceptors (Lipinski definition) is 1. The van der Waals surface area contributed by atoms with Gasteiger partial charge >= 0.3 is 0 Å². The van der Waals surface area contributed by atoms with Crippen LogP contribution >= 0.6 is 0 Å². The Morgan fingerprint density at radius 1 is 1.40 bits per heavy atom. The molecule has 0 saturated heterocycles. The Balaban J connectivity index is 1.85. The summed E-state index contributed by atoms with van der Waals surface area (Å²) in [7, 11) is 1.91. The lowest BCUT2D eigenvalue weighted by Crippen LogP contribution is -2.29. The van der Waals surface area contributed by atoms with Gasteiger partial charge in [0.2, 0.25) is 0 Å². The van der Waals surface area contributed by atoms with Crippen LogP contribution in [0.2, 0.25) is 0 Å². The molecule has 3 nitrogen and oxygen atoms in total. The third kappa shape index (κ3) is 2.21. The van der Waals surface area contributed by atoms with Crippen LogP contribution in [0.3, 0.4) is 0 Å². The van der Waals surface area contributed by atoms with Gasteiger partial charge in [0.25, 0.3) is 5.91 Å². The van der Waals surface area contributed by atoms with E-state index >= 15 is 0 Å². The van der Waals surface area contributed by atoms with Gasteiger partial charge in [0.15, 0.2) is 0 Å². The van der Waals surface area contributed by atoms with E-state index in [1.54, 1.807) is 0 Å². The molecule has 2 atom stereocenters. The highest BCUT2D eigenvalue weighted by atomic mass is 16.2. The lowest BCUT2D eigenvalue weighted by atomic mass is 10.1. The first kappa shape index (κ1) is 13.2. The van der Waals surface area contributed by atoms with Crippen molar-refractivity contribution in [1.82, 2.24) is 9.88 Å². The van der Waals surface area contributed by atoms with Crippen LogP contribution < -0.4 is 0 Å². The summed E-state index contributed by atoms with van der Waals surface area (Å²) >= 11 is 0. The van der Waals surface area contributed by atoms with Crippen LogP contribution in [-0.4, -0.2) is 29.4 Å². The Morgan fingerprint density at radius 3 is 2.75 bits per heavy atom. The van der Waals surface area contributed by atoms with Gasteiger partial charge in [0.05, 0.1) is 0 Å². The molecular weight excluding hydrogens is 248 g/mol. The summed E-state index contributed by atoms with van der Waals surface area (Å²) in [5.74, 6) is 1.61. The Labute approximate surface area is 120 Å². The molecule has 1 heterocycles. The average Bonchev–Trinajstić information content (AvgIpc) is 3.04. The van der Waals surface area contributed by atoms with Gasteiger partial charge < -0.3 is 9.88 Å². The van der Waals surface area contributed by atoms with Crippen LogP contribution in [0.4, 0.5) is 0 Å². The molecule has 1 aliphatic rings. The number of aryl methyl sites for hydroxylation is 2. The van der Waals surface area contributed by atoms with Gasteiger partial charge in [0.1, 0.15) is 0 Å². The number of nitrogens with zero attached hydrogens (tertiary/aromatic N) is 1. The second-order valence-corrected chi connectivity index (χ2v) is 6.29. The number of amides is 1. The Bertz CT molecular complexity index is 671. The molecule has 106 valence electrons. The largest absolute Gasteiger partial charge is 0.358 e. The van der Waals surface area contributed by atoms with Gasteiger partial charge in [0, 0.05) is 35.8 Å². The number of carbonyl (C=O) groups excluding carboxylic acids is 1. The first-order valence-electron chi connectivity index (χ1n) is 7.31. The van der Waals surface area contributed by atoms with E-state index in [2.05, 4.69) is 25.8 Å². The fourth-order valence-electron chi connectivity index (χ4n) is 2.90. The van der Waals surface area contributed by atoms with Crippen LogP contribution in [-0.2, 0) is 0 Å². The predicted octanol–water partition coefficient (Wildman–Crippen LogP) is 3.51. The maximum absolute atomic E-state index is 12.5. The van der Waals surface area contributed by atoms with Crippen molar-refractivity contribution in [3.05, 3.63) is 35.0 Å². The van der Waals surface area contributed by atoms with E-state index in [1.165, 1.54) is 17.7 Å². The standard InChI is InChI=1S/C17H22N2O/c1-10-7-14(10)9-19(4)17(20)13-5-6-16-15(8-13)11(2)12(3)18-16/h5-6,8,10,14,18H,7,9H2,1-4H3. The summed E-state index contributed by atoms with van der Waals surface area (Å²) in [6, 6.07) is 5.95. The van der Waals surface area contributed by atoms with E-state index in [9.17, 15) is 4.79 Å². The number of H-pyrrole nitrogens is 1. The maximum atomic E-state index is 12.5.